The summed E-state index contributed by atoms with van der Waals surface area (Å²) in [5.41, 5.74) is 2.17. The molecule has 3 rings (SSSR count). The fourth-order valence-electron chi connectivity index (χ4n) is 3.52. The molecule has 3 nitrogen and oxygen atoms in total. The van der Waals surface area contributed by atoms with Crippen LogP contribution >= 0.6 is 15.9 Å². The minimum Gasteiger partial charge on any atom is -0.389 e. The number of benzene rings is 1. The Balaban J connectivity index is 1.94. The van der Waals surface area contributed by atoms with Crippen LogP contribution in [0.3, 0.4) is 0 Å². The molecule has 1 N–H and O–H groups in total. The van der Waals surface area contributed by atoms with Gasteiger partial charge in [-0.05, 0) is 38.0 Å². The van der Waals surface area contributed by atoms with Crippen LogP contribution in [0.25, 0.3) is 0 Å². The summed E-state index contributed by atoms with van der Waals surface area (Å²) < 4.78 is 6.96. The van der Waals surface area contributed by atoms with Gasteiger partial charge in [-0.1, -0.05) is 28.8 Å². The Bertz CT molecular complexity index is 476. The average Bonchev–Trinajstić information content (AvgIpc) is 2.46. The first-order chi connectivity index (χ1) is 9.66. The van der Waals surface area contributed by atoms with Crippen LogP contribution in [0.1, 0.15) is 44.3 Å². The molecule has 110 valence electrons. The van der Waals surface area contributed by atoms with Crippen molar-refractivity contribution in [2.24, 2.45) is 0 Å². The third kappa shape index (κ3) is 2.74. The molecule has 1 aromatic rings. The summed E-state index contributed by atoms with van der Waals surface area (Å²) in [7, 11) is 0. The van der Waals surface area contributed by atoms with Crippen molar-refractivity contribution >= 4 is 21.6 Å². The molecule has 1 aromatic carbocycles. The van der Waals surface area contributed by atoms with Crippen molar-refractivity contribution in [2.45, 2.75) is 50.9 Å². The summed E-state index contributed by atoms with van der Waals surface area (Å²) in [6, 6.07) is 6.70. The second kappa shape index (κ2) is 6.04. The van der Waals surface area contributed by atoms with Gasteiger partial charge in [0.2, 0.25) is 0 Å². The fraction of sp³-hybridized carbons (Fsp3) is 0.625. The zero-order valence-electron chi connectivity index (χ0n) is 11.9. The Hall–Kier alpha value is -0.580. The largest absolute Gasteiger partial charge is 0.389 e. The number of anilines is 1. The van der Waals surface area contributed by atoms with Crippen LogP contribution in [0.15, 0.2) is 22.7 Å². The number of hydrogen-bond acceptors (Lipinski definition) is 3. The quantitative estimate of drug-likeness (QED) is 0.892. The van der Waals surface area contributed by atoms with Crippen LogP contribution in [0.5, 0.6) is 0 Å². The number of nitrogens with zero attached hydrogens (tertiary/aromatic N) is 1. The second-order valence-electron chi connectivity index (χ2n) is 5.83. The van der Waals surface area contributed by atoms with E-state index in [1.54, 1.807) is 0 Å². The van der Waals surface area contributed by atoms with Gasteiger partial charge in [0, 0.05) is 22.3 Å². The van der Waals surface area contributed by atoms with Crippen molar-refractivity contribution in [3.63, 3.8) is 0 Å². The Kier molecular flexibility index (Phi) is 4.34. The molecule has 0 bridgehead atoms. The lowest BCUT2D eigenvalue weighted by Gasteiger charge is -2.45. The number of fused-ring (bicyclic) bond motifs is 1. The highest BCUT2D eigenvalue weighted by Crippen LogP contribution is 2.36. The standard InChI is InChI=1S/C16H22BrNO2/c1-11(19)13-10-12(17)6-7-14(13)18-8-9-20-16-5-3-2-4-15(16)18/h6-7,10-11,15-16,19H,2-5,8-9H2,1H3. The molecule has 1 aliphatic heterocycles. The highest BCUT2D eigenvalue weighted by molar-refractivity contribution is 9.10. The van der Waals surface area contributed by atoms with Gasteiger partial charge in [0.15, 0.2) is 0 Å². The molecular weight excluding hydrogens is 318 g/mol. The molecule has 2 fully saturated rings. The maximum absolute atomic E-state index is 10.1. The number of ether oxygens (including phenoxy) is 1. The average molecular weight is 340 g/mol. The molecule has 0 radical (unpaired) electrons. The maximum Gasteiger partial charge on any atom is 0.0782 e. The molecule has 0 aromatic heterocycles. The van der Waals surface area contributed by atoms with Crippen LogP contribution in [-0.2, 0) is 4.74 Å². The summed E-state index contributed by atoms with van der Waals surface area (Å²) in [5.74, 6) is 0. The molecule has 1 saturated heterocycles. The zero-order valence-corrected chi connectivity index (χ0v) is 13.5. The van der Waals surface area contributed by atoms with Gasteiger partial charge in [0.1, 0.15) is 0 Å². The van der Waals surface area contributed by atoms with E-state index in [0.717, 1.165) is 23.2 Å². The van der Waals surface area contributed by atoms with Gasteiger partial charge in [-0.3, -0.25) is 0 Å². The first kappa shape index (κ1) is 14.4. The third-order valence-corrected chi connectivity index (χ3v) is 4.97. The topological polar surface area (TPSA) is 32.7 Å². The highest BCUT2D eigenvalue weighted by atomic mass is 79.9. The molecule has 20 heavy (non-hydrogen) atoms. The van der Waals surface area contributed by atoms with Crippen molar-refractivity contribution in [1.82, 2.24) is 0 Å². The molecule has 4 heteroatoms. The van der Waals surface area contributed by atoms with Crippen molar-refractivity contribution < 1.29 is 9.84 Å². The lowest BCUT2D eigenvalue weighted by molar-refractivity contribution is -0.00887. The minimum absolute atomic E-state index is 0.364. The summed E-state index contributed by atoms with van der Waals surface area (Å²) in [6.45, 7) is 3.54. The van der Waals surface area contributed by atoms with Gasteiger partial charge < -0.3 is 14.7 Å². The van der Waals surface area contributed by atoms with Gasteiger partial charge >= 0.3 is 0 Å². The van der Waals surface area contributed by atoms with Crippen LogP contribution in [0, 0.1) is 0 Å². The van der Waals surface area contributed by atoms with Crippen molar-refractivity contribution in [1.29, 1.82) is 0 Å². The van der Waals surface area contributed by atoms with Crippen LogP contribution in [0.4, 0.5) is 5.69 Å². The predicted molar refractivity (Wildman–Crippen MR) is 84.1 cm³/mol. The van der Waals surface area contributed by atoms with E-state index in [2.05, 4.69) is 33.0 Å². The minimum atomic E-state index is -0.451. The van der Waals surface area contributed by atoms with E-state index >= 15 is 0 Å². The zero-order chi connectivity index (χ0) is 14.1. The number of aliphatic hydroxyl groups is 1. The van der Waals surface area contributed by atoms with Gasteiger partial charge in [0.05, 0.1) is 24.9 Å². The Morgan fingerprint density at radius 2 is 2.15 bits per heavy atom. The summed E-state index contributed by atoms with van der Waals surface area (Å²) in [5, 5.41) is 10.1. The maximum atomic E-state index is 10.1. The van der Waals surface area contributed by atoms with E-state index in [1.165, 1.54) is 31.4 Å². The molecule has 3 atom stereocenters. The Morgan fingerprint density at radius 3 is 2.95 bits per heavy atom. The lowest BCUT2D eigenvalue weighted by Crippen LogP contribution is -2.53. The third-order valence-electron chi connectivity index (χ3n) is 4.48. The van der Waals surface area contributed by atoms with Gasteiger partial charge in [-0.15, -0.1) is 0 Å². The normalized spacial score (nSPS) is 28.1. The van der Waals surface area contributed by atoms with E-state index in [0.29, 0.717) is 12.1 Å². The number of aliphatic hydroxyl groups excluding tert-OH is 1. The van der Waals surface area contributed by atoms with Crippen LogP contribution in [0.2, 0.25) is 0 Å². The molecule has 1 heterocycles. The Morgan fingerprint density at radius 1 is 1.35 bits per heavy atom. The summed E-state index contributed by atoms with van der Waals surface area (Å²) >= 11 is 3.50. The first-order valence-corrected chi connectivity index (χ1v) is 8.32. The molecular formula is C16H22BrNO2. The predicted octanol–water partition coefficient (Wildman–Crippen LogP) is 3.65. The fourth-order valence-corrected chi connectivity index (χ4v) is 3.90. The van der Waals surface area contributed by atoms with E-state index in [-0.39, 0.29) is 0 Å². The molecule has 0 spiro atoms. The van der Waals surface area contributed by atoms with Crippen molar-refractivity contribution in [3.8, 4) is 0 Å². The van der Waals surface area contributed by atoms with Crippen LogP contribution < -0.4 is 4.90 Å². The van der Waals surface area contributed by atoms with Crippen LogP contribution in [-0.4, -0.2) is 30.4 Å². The van der Waals surface area contributed by atoms with E-state index in [1.807, 2.05) is 13.0 Å². The number of hydrogen-bond donors (Lipinski definition) is 1. The number of rotatable bonds is 2. The van der Waals surface area contributed by atoms with Crippen molar-refractivity contribution in [3.05, 3.63) is 28.2 Å². The smallest absolute Gasteiger partial charge is 0.0782 e. The molecule has 3 unspecified atom stereocenters. The second-order valence-corrected chi connectivity index (χ2v) is 6.75. The van der Waals surface area contributed by atoms with Gasteiger partial charge in [0.25, 0.3) is 0 Å². The van der Waals surface area contributed by atoms with Crippen molar-refractivity contribution in [2.75, 3.05) is 18.1 Å². The SMILES string of the molecule is CC(O)c1cc(Br)ccc1N1CCOC2CCCCC21. The van der Waals surface area contributed by atoms with Gasteiger partial charge in [-0.2, -0.15) is 0 Å². The molecule has 1 aliphatic carbocycles. The highest BCUT2D eigenvalue weighted by Gasteiger charge is 2.35. The Labute approximate surface area is 129 Å². The summed E-state index contributed by atoms with van der Waals surface area (Å²) in [4.78, 5) is 2.46. The number of halogens is 1. The number of morpholine rings is 1. The summed E-state index contributed by atoms with van der Waals surface area (Å²) in [6.07, 6.45) is 4.83. The molecule has 1 saturated carbocycles. The van der Waals surface area contributed by atoms with E-state index < -0.39 is 6.10 Å². The molecule has 2 aliphatic rings. The first-order valence-electron chi connectivity index (χ1n) is 7.52. The monoisotopic (exact) mass is 339 g/mol. The van der Waals surface area contributed by atoms with E-state index in [9.17, 15) is 5.11 Å². The lowest BCUT2D eigenvalue weighted by atomic mass is 9.89. The van der Waals surface area contributed by atoms with Gasteiger partial charge in [-0.25, -0.2) is 0 Å². The van der Waals surface area contributed by atoms with E-state index in [4.69, 9.17) is 4.74 Å². The molecule has 0 amide bonds.